The molecule has 0 aliphatic carbocycles. The first-order valence-electron chi connectivity index (χ1n) is 5.81. The van der Waals surface area contributed by atoms with Crippen LogP contribution in [0.15, 0.2) is 0 Å². The zero-order chi connectivity index (χ0) is 9.10. The molecule has 2 unspecified atom stereocenters. The van der Waals surface area contributed by atoms with E-state index in [0.29, 0.717) is 0 Å². The van der Waals surface area contributed by atoms with Crippen LogP contribution in [-0.4, -0.2) is 37.1 Å². The summed E-state index contributed by atoms with van der Waals surface area (Å²) in [6.07, 6.45) is 5.66. The quantitative estimate of drug-likeness (QED) is 0.711. The van der Waals surface area contributed by atoms with Crippen molar-refractivity contribution in [1.29, 1.82) is 0 Å². The first-order valence-corrected chi connectivity index (χ1v) is 5.81. The first kappa shape index (κ1) is 9.47. The van der Waals surface area contributed by atoms with Gasteiger partial charge in [0.05, 0.1) is 0 Å². The SMILES string of the molecule is CC(CC1CCNC1)N1CCCC1. The van der Waals surface area contributed by atoms with Gasteiger partial charge < -0.3 is 10.2 Å². The lowest BCUT2D eigenvalue weighted by atomic mass is 9.99. The number of nitrogens with zero attached hydrogens (tertiary/aromatic N) is 1. The maximum atomic E-state index is 3.45. The molecule has 0 bridgehead atoms. The fourth-order valence-corrected chi connectivity index (χ4v) is 2.73. The predicted octanol–water partition coefficient (Wildman–Crippen LogP) is 1.47. The summed E-state index contributed by atoms with van der Waals surface area (Å²) < 4.78 is 0. The Balaban J connectivity index is 1.73. The standard InChI is InChI=1S/C11H22N2/c1-10(13-6-2-3-7-13)8-11-4-5-12-9-11/h10-12H,2-9H2,1H3. The van der Waals surface area contributed by atoms with Gasteiger partial charge in [-0.3, -0.25) is 0 Å². The molecule has 0 amide bonds. The van der Waals surface area contributed by atoms with Gasteiger partial charge in [-0.15, -0.1) is 0 Å². The van der Waals surface area contributed by atoms with Gasteiger partial charge in [-0.05, 0) is 64.7 Å². The lowest BCUT2D eigenvalue weighted by molar-refractivity contribution is 0.224. The molecule has 2 rings (SSSR count). The summed E-state index contributed by atoms with van der Waals surface area (Å²) in [5.74, 6) is 0.954. The minimum absolute atomic E-state index is 0.826. The Morgan fingerprint density at radius 1 is 1.38 bits per heavy atom. The molecular formula is C11H22N2. The second-order valence-electron chi connectivity index (χ2n) is 4.69. The Morgan fingerprint density at radius 3 is 2.77 bits per heavy atom. The van der Waals surface area contributed by atoms with E-state index in [1.54, 1.807) is 0 Å². The van der Waals surface area contributed by atoms with Crippen molar-refractivity contribution in [2.24, 2.45) is 5.92 Å². The van der Waals surface area contributed by atoms with Crippen LogP contribution in [0.25, 0.3) is 0 Å². The van der Waals surface area contributed by atoms with Gasteiger partial charge >= 0.3 is 0 Å². The Hall–Kier alpha value is -0.0800. The number of nitrogens with one attached hydrogen (secondary N) is 1. The van der Waals surface area contributed by atoms with E-state index >= 15 is 0 Å². The zero-order valence-electron chi connectivity index (χ0n) is 8.76. The normalized spacial score (nSPS) is 32.5. The summed E-state index contributed by atoms with van der Waals surface area (Å²) in [4.78, 5) is 2.66. The molecule has 0 aromatic heterocycles. The van der Waals surface area contributed by atoms with Gasteiger partial charge in [0, 0.05) is 6.04 Å². The molecule has 2 aliphatic heterocycles. The van der Waals surface area contributed by atoms with E-state index in [1.165, 1.54) is 51.9 Å². The topological polar surface area (TPSA) is 15.3 Å². The van der Waals surface area contributed by atoms with Crippen LogP contribution < -0.4 is 5.32 Å². The van der Waals surface area contributed by atoms with Crippen molar-refractivity contribution in [2.75, 3.05) is 26.2 Å². The molecule has 2 fully saturated rings. The van der Waals surface area contributed by atoms with Crippen LogP contribution in [0.2, 0.25) is 0 Å². The lowest BCUT2D eigenvalue weighted by Crippen LogP contribution is -2.32. The van der Waals surface area contributed by atoms with Crippen LogP contribution in [0.4, 0.5) is 0 Å². The molecule has 2 aliphatic rings. The van der Waals surface area contributed by atoms with Gasteiger partial charge in [-0.25, -0.2) is 0 Å². The van der Waals surface area contributed by atoms with Gasteiger partial charge in [0.15, 0.2) is 0 Å². The molecule has 2 nitrogen and oxygen atoms in total. The molecule has 0 aromatic carbocycles. The van der Waals surface area contributed by atoms with E-state index in [9.17, 15) is 0 Å². The second kappa shape index (κ2) is 4.43. The molecule has 0 aromatic rings. The molecule has 0 spiro atoms. The average Bonchev–Trinajstić information content (AvgIpc) is 2.74. The van der Waals surface area contributed by atoms with E-state index in [4.69, 9.17) is 0 Å². The van der Waals surface area contributed by atoms with Crippen LogP contribution in [0.5, 0.6) is 0 Å². The highest BCUT2D eigenvalue weighted by atomic mass is 15.2. The van der Waals surface area contributed by atoms with E-state index in [1.807, 2.05) is 0 Å². The molecule has 2 heteroatoms. The molecule has 76 valence electrons. The molecule has 2 heterocycles. The largest absolute Gasteiger partial charge is 0.316 e. The van der Waals surface area contributed by atoms with Crippen molar-refractivity contribution < 1.29 is 0 Å². The third-order valence-electron chi connectivity index (χ3n) is 3.60. The van der Waals surface area contributed by atoms with E-state index in [0.717, 1.165) is 12.0 Å². The lowest BCUT2D eigenvalue weighted by Gasteiger charge is -2.25. The predicted molar refractivity (Wildman–Crippen MR) is 55.9 cm³/mol. The van der Waals surface area contributed by atoms with Gasteiger partial charge in [0.1, 0.15) is 0 Å². The van der Waals surface area contributed by atoms with Crippen LogP contribution in [0.1, 0.15) is 32.6 Å². The van der Waals surface area contributed by atoms with Gasteiger partial charge in [-0.2, -0.15) is 0 Å². The smallest absolute Gasteiger partial charge is 0.00700 e. The molecule has 1 N–H and O–H groups in total. The maximum absolute atomic E-state index is 3.45. The van der Waals surface area contributed by atoms with Gasteiger partial charge in [-0.1, -0.05) is 0 Å². The van der Waals surface area contributed by atoms with Crippen molar-refractivity contribution in [3.05, 3.63) is 0 Å². The van der Waals surface area contributed by atoms with Gasteiger partial charge in [0.25, 0.3) is 0 Å². The number of rotatable bonds is 3. The third-order valence-corrected chi connectivity index (χ3v) is 3.60. The highest BCUT2D eigenvalue weighted by Gasteiger charge is 2.22. The van der Waals surface area contributed by atoms with Crippen molar-refractivity contribution in [3.8, 4) is 0 Å². The Bertz CT molecular complexity index is 146. The van der Waals surface area contributed by atoms with E-state index in [-0.39, 0.29) is 0 Å². The summed E-state index contributed by atoms with van der Waals surface area (Å²) in [6, 6.07) is 0.826. The number of hydrogen-bond acceptors (Lipinski definition) is 2. The summed E-state index contributed by atoms with van der Waals surface area (Å²) >= 11 is 0. The van der Waals surface area contributed by atoms with Crippen LogP contribution in [0, 0.1) is 5.92 Å². The number of hydrogen-bond donors (Lipinski definition) is 1. The molecular weight excluding hydrogens is 160 g/mol. The van der Waals surface area contributed by atoms with Crippen LogP contribution >= 0.6 is 0 Å². The third kappa shape index (κ3) is 2.44. The maximum Gasteiger partial charge on any atom is 0.00700 e. The summed E-state index contributed by atoms with van der Waals surface area (Å²) in [7, 11) is 0. The van der Waals surface area contributed by atoms with Crippen LogP contribution in [-0.2, 0) is 0 Å². The van der Waals surface area contributed by atoms with Crippen molar-refractivity contribution in [2.45, 2.75) is 38.6 Å². The highest BCUT2D eigenvalue weighted by Crippen LogP contribution is 2.20. The van der Waals surface area contributed by atoms with Crippen molar-refractivity contribution in [3.63, 3.8) is 0 Å². The second-order valence-corrected chi connectivity index (χ2v) is 4.69. The minimum Gasteiger partial charge on any atom is -0.316 e. The zero-order valence-corrected chi connectivity index (χ0v) is 8.76. The van der Waals surface area contributed by atoms with Crippen molar-refractivity contribution >= 4 is 0 Å². The van der Waals surface area contributed by atoms with Crippen molar-refractivity contribution in [1.82, 2.24) is 10.2 Å². The summed E-state index contributed by atoms with van der Waals surface area (Å²) in [5.41, 5.74) is 0. The van der Waals surface area contributed by atoms with Gasteiger partial charge in [0.2, 0.25) is 0 Å². The Kier molecular flexibility index (Phi) is 3.23. The highest BCUT2D eigenvalue weighted by molar-refractivity contribution is 4.79. The number of likely N-dealkylation sites (tertiary alicyclic amines) is 1. The minimum atomic E-state index is 0.826. The molecule has 0 saturated carbocycles. The average molecular weight is 182 g/mol. The first-order chi connectivity index (χ1) is 6.36. The Morgan fingerprint density at radius 2 is 2.15 bits per heavy atom. The summed E-state index contributed by atoms with van der Waals surface area (Å²) in [6.45, 7) is 7.61. The molecule has 13 heavy (non-hydrogen) atoms. The van der Waals surface area contributed by atoms with E-state index in [2.05, 4.69) is 17.1 Å². The van der Waals surface area contributed by atoms with Crippen LogP contribution in [0.3, 0.4) is 0 Å². The summed E-state index contributed by atoms with van der Waals surface area (Å²) in [5, 5.41) is 3.45. The molecule has 0 radical (unpaired) electrons. The molecule has 2 atom stereocenters. The molecule has 2 saturated heterocycles. The van der Waals surface area contributed by atoms with E-state index < -0.39 is 0 Å². The fraction of sp³-hybridized carbons (Fsp3) is 1.00. The monoisotopic (exact) mass is 182 g/mol. The fourth-order valence-electron chi connectivity index (χ4n) is 2.73. The Labute approximate surface area is 81.7 Å².